The molecule has 1 aromatic carbocycles. The largest absolute Gasteiger partial charge is 0.484 e. The Hall–Kier alpha value is -2.61. The Bertz CT molecular complexity index is 695. The van der Waals surface area contributed by atoms with Crippen LogP contribution in [0.25, 0.3) is 0 Å². The summed E-state index contributed by atoms with van der Waals surface area (Å²) in [6, 6.07) is 6.80. The number of hydrogen-bond acceptors (Lipinski definition) is 7. The third kappa shape index (κ3) is 5.75. The molecule has 9 heteroatoms. The summed E-state index contributed by atoms with van der Waals surface area (Å²) in [5.41, 5.74) is 0. The first-order chi connectivity index (χ1) is 11.8. The lowest BCUT2D eigenvalue weighted by Crippen LogP contribution is -2.30. The van der Waals surface area contributed by atoms with Crippen molar-refractivity contribution >= 4 is 29.4 Å². The van der Waals surface area contributed by atoms with Gasteiger partial charge in [-0.2, -0.15) is 15.0 Å². The molecule has 0 fully saturated rings. The lowest BCUT2D eigenvalue weighted by molar-refractivity contribution is -0.123. The first kappa shape index (κ1) is 18.7. The number of carbonyl (C=O) groups is 1. The number of hydrogen-bond donors (Lipinski definition) is 1. The fraction of sp³-hybridized carbons (Fsp3) is 0.375. The predicted molar refractivity (Wildman–Crippen MR) is 97.3 cm³/mol. The fourth-order valence-electron chi connectivity index (χ4n) is 1.78. The van der Waals surface area contributed by atoms with E-state index in [9.17, 15) is 4.79 Å². The molecule has 8 nitrogen and oxygen atoms in total. The molecule has 0 radical (unpaired) electrons. The number of nitrogens with zero attached hydrogens (tertiary/aromatic N) is 5. The molecule has 1 N–H and O–H groups in total. The summed E-state index contributed by atoms with van der Waals surface area (Å²) in [5, 5.41) is 3.34. The Balaban J connectivity index is 1.93. The lowest BCUT2D eigenvalue weighted by atomic mass is 10.3. The quantitative estimate of drug-likeness (QED) is 0.793. The van der Waals surface area contributed by atoms with Crippen LogP contribution in [-0.2, 0) is 11.3 Å². The zero-order valence-corrected chi connectivity index (χ0v) is 15.4. The third-order valence-corrected chi connectivity index (χ3v) is 3.34. The number of carbonyl (C=O) groups excluding carboxylic acids is 1. The van der Waals surface area contributed by atoms with Crippen molar-refractivity contribution in [3.63, 3.8) is 0 Å². The van der Waals surface area contributed by atoms with E-state index in [0.717, 1.165) is 0 Å². The van der Waals surface area contributed by atoms with E-state index in [1.165, 1.54) is 0 Å². The van der Waals surface area contributed by atoms with Crippen LogP contribution in [0.4, 0.5) is 11.9 Å². The van der Waals surface area contributed by atoms with Crippen molar-refractivity contribution in [2.75, 3.05) is 44.6 Å². The number of rotatable bonds is 7. The number of aromatic nitrogens is 3. The average molecular weight is 365 g/mol. The molecule has 0 aliphatic heterocycles. The Morgan fingerprint density at radius 2 is 1.60 bits per heavy atom. The standard InChI is InChI=1S/C16H21ClN6O2/c1-22(2)15-19-13(20-16(21-15)23(3)4)9-18-14(24)10-25-12-7-5-11(17)6-8-12/h5-8H,9-10H2,1-4H3,(H,18,24). The van der Waals surface area contributed by atoms with E-state index in [0.29, 0.717) is 28.5 Å². The van der Waals surface area contributed by atoms with Crippen molar-refractivity contribution in [2.45, 2.75) is 6.54 Å². The van der Waals surface area contributed by atoms with Gasteiger partial charge in [0.1, 0.15) is 5.75 Å². The third-order valence-electron chi connectivity index (χ3n) is 3.09. The first-order valence-electron chi connectivity index (χ1n) is 7.60. The molecule has 1 heterocycles. The van der Waals surface area contributed by atoms with Crippen LogP contribution < -0.4 is 19.9 Å². The van der Waals surface area contributed by atoms with Gasteiger partial charge in [0.25, 0.3) is 5.91 Å². The second kappa shape index (κ2) is 8.48. The predicted octanol–water partition coefficient (Wildman–Crippen LogP) is 1.35. The molecular weight excluding hydrogens is 344 g/mol. The van der Waals surface area contributed by atoms with Gasteiger partial charge in [-0.3, -0.25) is 4.79 Å². The van der Waals surface area contributed by atoms with Gasteiger partial charge in [0.2, 0.25) is 11.9 Å². The minimum absolute atomic E-state index is 0.103. The van der Waals surface area contributed by atoms with Crippen LogP contribution >= 0.6 is 11.6 Å². The van der Waals surface area contributed by atoms with Crippen LogP contribution in [0.5, 0.6) is 5.75 Å². The monoisotopic (exact) mass is 364 g/mol. The minimum atomic E-state index is -0.270. The molecule has 0 unspecified atom stereocenters. The molecule has 25 heavy (non-hydrogen) atoms. The summed E-state index contributed by atoms with van der Waals surface area (Å²) in [7, 11) is 7.38. The highest BCUT2D eigenvalue weighted by Crippen LogP contribution is 2.15. The summed E-state index contributed by atoms with van der Waals surface area (Å²) in [5.74, 6) is 1.83. The van der Waals surface area contributed by atoms with Crippen molar-refractivity contribution < 1.29 is 9.53 Å². The molecule has 0 saturated carbocycles. The Kier molecular flexibility index (Phi) is 6.35. The highest BCUT2D eigenvalue weighted by Gasteiger charge is 2.11. The molecule has 2 rings (SSSR count). The van der Waals surface area contributed by atoms with Gasteiger partial charge in [-0.15, -0.1) is 0 Å². The minimum Gasteiger partial charge on any atom is -0.484 e. The molecular formula is C16H21ClN6O2. The maximum atomic E-state index is 11.9. The number of amides is 1. The fourth-order valence-corrected chi connectivity index (χ4v) is 1.91. The maximum Gasteiger partial charge on any atom is 0.258 e. The molecule has 0 spiro atoms. The van der Waals surface area contributed by atoms with Gasteiger partial charge < -0.3 is 19.9 Å². The smallest absolute Gasteiger partial charge is 0.258 e. The van der Waals surface area contributed by atoms with Gasteiger partial charge in [-0.1, -0.05) is 11.6 Å². The molecule has 2 aromatic rings. The van der Waals surface area contributed by atoms with E-state index in [4.69, 9.17) is 16.3 Å². The summed E-state index contributed by atoms with van der Waals surface area (Å²) < 4.78 is 5.39. The van der Waals surface area contributed by atoms with Gasteiger partial charge in [0.15, 0.2) is 12.4 Å². The van der Waals surface area contributed by atoms with Crippen LogP contribution in [0.3, 0.4) is 0 Å². The van der Waals surface area contributed by atoms with Crippen LogP contribution in [0.1, 0.15) is 5.82 Å². The maximum absolute atomic E-state index is 11.9. The topological polar surface area (TPSA) is 83.5 Å². The molecule has 0 saturated heterocycles. The van der Waals surface area contributed by atoms with E-state index in [-0.39, 0.29) is 19.1 Å². The van der Waals surface area contributed by atoms with Gasteiger partial charge in [-0.25, -0.2) is 0 Å². The number of anilines is 2. The Morgan fingerprint density at radius 3 is 2.12 bits per heavy atom. The van der Waals surface area contributed by atoms with E-state index in [1.807, 2.05) is 28.2 Å². The van der Waals surface area contributed by atoms with Crippen LogP contribution in [0.2, 0.25) is 5.02 Å². The Labute approximate surface area is 151 Å². The van der Waals surface area contributed by atoms with Gasteiger partial charge in [-0.05, 0) is 24.3 Å². The molecule has 1 amide bonds. The molecule has 1 aromatic heterocycles. The second-order valence-corrected chi connectivity index (χ2v) is 6.10. The molecule has 134 valence electrons. The number of benzene rings is 1. The summed E-state index contributed by atoms with van der Waals surface area (Å²) in [6.07, 6.45) is 0. The van der Waals surface area contributed by atoms with E-state index in [1.54, 1.807) is 34.1 Å². The number of halogens is 1. The van der Waals surface area contributed by atoms with Crippen LogP contribution in [0.15, 0.2) is 24.3 Å². The molecule has 0 aliphatic rings. The highest BCUT2D eigenvalue weighted by molar-refractivity contribution is 6.30. The zero-order chi connectivity index (χ0) is 18.4. The SMILES string of the molecule is CN(C)c1nc(CNC(=O)COc2ccc(Cl)cc2)nc(N(C)C)n1. The van der Waals surface area contributed by atoms with Crippen molar-refractivity contribution in [1.82, 2.24) is 20.3 Å². The van der Waals surface area contributed by atoms with E-state index < -0.39 is 0 Å². The summed E-state index contributed by atoms with van der Waals surface area (Å²) in [6.45, 7) is 0.0841. The van der Waals surface area contributed by atoms with E-state index in [2.05, 4.69) is 20.3 Å². The average Bonchev–Trinajstić information content (AvgIpc) is 2.59. The first-order valence-corrected chi connectivity index (χ1v) is 7.97. The zero-order valence-electron chi connectivity index (χ0n) is 14.7. The van der Waals surface area contributed by atoms with Crippen molar-refractivity contribution in [1.29, 1.82) is 0 Å². The normalized spacial score (nSPS) is 10.3. The number of nitrogens with one attached hydrogen (secondary N) is 1. The summed E-state index contributed by atoms with van der Waals surface area (Å²) >= 11 is 5.80. The summed E-state index contributed by atoms with van der Waals surface area (Å²) in [4.78, 5) is 28.5. The van der Waals surface area contributed by atoms with Crippen molar-refractivity contribution in [3.05, 3.63) is 35.1 Å². The van der Waals surface area contributed by atoms with Gasteiger partial charge in [0.05, 0.1) is 6.54 Å². The Morgan fingerprint density at radius 1 is 1.04 bits per heavy atom. The van der Waals surface area contributed by atoms with Gasteiger partial charge >= 0.3 is 0 Å². The van der Waals surface area contributed by atoms with E-state index >= 15 is 0 Å². The molecule has 0 atom stereocenters. The molecule has 0 aliphatic carbocycles. The van der Waals surface area contributed by atoms with Crippen LogP contribution in [0, 0.1) is 0 Å². The number of ether oxygens (including phenoxy) is 1. The second-order valence-electron chi connectivity index (χ2n) is 5.66. The van der Waals surface area contributed by atoms with Crippen molar-refractivity contribution in [2.24, 2.45) is 0 Å². The highest BCUT2D eigenvalue weighted by atomic mass is 35.5. The molecule has 0 bridgehead atoms. The van der Waals surface area contributed by atoms with Crippen LogP contribution in [-0.4, -0.2) is 55.7 Å². The lowest BCUT2D eigenvalue weighted by Gasteiger charge is -2.16. The van der Waals surface area contributed by atoms with Crippen molar-refractivity contribution in [3.8, 4) is 5.75 Å². The van der Waals surface area contributed by atoms with Gasteiger partial charge in [0, 0.05) is 33.2 Å².